The maximum absolute atomic E-state index is 12.2. The highest BCUT2D eigenvalue weighted by Crippen LogP contribution is 2.29. The fraction of sp³-hybridized carbons (Fsp3) is 0.0476. The molecule has 0 bridgehead atoms. The molecule has 150 valence electrons. The van der Waals surface area contributed by atoms with Gasteiger partial charge in [0, 0.05) is 17.4 Å². The van der Waals surface area contributed by atoms with Crippen molar-refractivity contribution in [2.24, 2.45) is 0 Å². The van der Waals surface area contributed by atoms with E-state index in [0.717, 1.165) is 0 Å². The number of nitrogens with one attached hydrogen (secondary N) is 3. The van der Waals surface area contributed by atoms with Crippen LogP contribution in [0.2, 0.25) is 0 Å². The lowest BCUT2D eigenvalue weighted by Gasteiger charge is -2.09. The molecule has 0 unspecified atom stereocenters. The molecule has 9 nitrogen and oxygen atoms in total. The van der Waals surface area contributed by atoms with Crippen LogP contribution in [-0.4, -0.2) is 33.2 Å². The first kappa shape index (κ1) is 18.9. The van der Waals surface area contributed by atoms with E-state index in [1.807, 2.05) is 18.2 Å². The van der Waals surface area contributed by atoms with E-state index in [1.165, 1.54) is 13.2 Å². The second-order valence-corrected chi connectivity index (χ2v) is 6.25. The molecule has 0 aliphatic heterocycles. The van der Waals surface area contributed by atoms with E-state index in [1.54, 1.807) is 42.6 Å². The molecule has 30 heavy (non-hydrogen) atoms. The smallest absolute Gasteiger partial charge is 0.324 e. The number of methoxy groups -OCH3 is 1. The number of para-hydroxylation sites is 1. The number of amides is 2. The lowest BCUT2D eigenvalue weighted by Crippen LogP contribution is -2.20. The molecule has 2 aromatic heterocycles. The average Bonchev–Trinajstić information content (AvgIpc) is 2.74. The van der Waals surface area contributed by atoms with Crippen molar-refractivity contribution in [3.63, 3.8) is 0 Å². The Bertz CT molecular complexity index is 1200. The number of hydrogen-bond donors (Lipinski definition) is 4. The highest BCUT2D eigenvalue weighted by Gasteiger charge is 2.08. The van der Waals surface area contributed by atoms with Crippen LogP contribution in [0.1, 0.15) is 0 Å². The summed E-state index contributed by atoms with van der Waals surface area (Å²) in [6, 6.07) is 16.9. The van der Waals surface area contributed by atoms with Gasteiger partial charge in [-0.25, -0.2) is 19.7 Å². The first-order valence-corrected chi connectivity index (χ1v) is 9.01. The van der Waals surface area contributed by atoms with Gasteiger partial charge in [-0.1, -0.05) is 18.2 Å². The summed E-state index contributed by atoms with van der Waals surface area (Å²) in [5.41, 5.74) is 2.21. The number of carbonyl (C=O) groups is 1. The van der Waals surface area contributed by atoms with Gasteiger partial charge in [0.15, 0.2) is 23.0 Å². The van der Waals surface area contributed by atoms with Gasteiger partial charge in [0.05, 0.1) is 13.3 Å². The summed E-state index contributed by atoms with van der Waals surface area (Å²) < 4.78 is 5.03. The van der Waals surface area contributed by atoms with Gasteiger partial charge in [0.25, 0.3) is 0 Å². The number of aromatic hydroxyl groups is 1. The second-order valence-electron chi connectivity index (χ2n) is 6.25. The largest absolute Gasteiger partial charge is 0.504 e. The summed E-state index contributed by atoms with van der Waals surface area (Å²) in [4.78, 5) is 25.3. The first-order valence-electron chi connectivity index (χ1n) is 9.01. The van der Waals surface area contributed by atoms with Crippen molar-refractivity contribution in [3.05, 3.63) is 66.9 Å². The van der Waals surface area contributed by atoms with E-state index < -0.39 is 6.03 Å². The molecule has 0 saturated heterocycles. The van der Waals surface area contributed by atoms with Crippen LogP contribution in [-0.2, 0) is 0 Å². The SMILES string of the molecule is COc1ccc(Nc2cnc3ccc(NC(=O)Nc4ccccc4)nc3n2)cc1O. The molecule has 4 N–H and O–H groups in total. The van der Waals surface area contributed by atoms with Crippen LogP contribution >= 0.6 is 0 Å². The molecule has 9 heteroatoms. The quantitative estimate of drug-likeness (QED) is 0.396. The predicted molar refractivity (Wildman–Crippen MR) is 114 cm³/mol. The molecular weight excluding hydrogens is 384 g/mol. The van der Waals surface area contributed by atoms with E-state index in [0.29, 0.717) is 39.9 Å². The van der Waals surface area contributed by atoms with Gasteiger partial charge in [0.1, 0.15) is 11.3 Å². The number of rotatable bonds is 5. The molecule has 0 fully saturated rings. The molecule has 2 heterocycles. The molecule has 4 rings (SSSR count). The minimum Gasteiger partial charge on any atom is -0.504 e. The van der Waals surface area contributed by atoms with Crippen LogP contribution in [0.4, 0.5) is 27.8 Å². The number of fused-ring (bicyclic) bond motifs is 1. The van der Waals surface area contributed by atoms with E-state index in [-0.39, 0.29) is 5.75 Å². The number of ether oxygens (including phenoxy) is 1. The van der Waals surface area contributed by atoms with Crippen LogP contribution in [0.3, 0.4) is 0 Å². The first-order chi connectivity index (χ1) is 14.6. The molecule has 0 aliphatic carbocycles. The van der Waals surface area contributed by atoms with Crippen molar-refractivity contribution in [2.75, 3.05) is 23.1 Å². The van der Waals surface area contributed by atoms with Crippen molar-refractivity contribution in [1.82, 2.24) is 15.0 Å². The highest BCUT2D eigenvalue weighted by atomic mass is 16.5. The summed E-state index contributed by atoms with van der Waals surface area (Å²) in [6.45, 7) is 0. The van der Waals surface area contributed by atoms with E-state index in [9.17, 15) is 9.90 Å². The second kappa shape index (κ2) is 8.31. The number of anilines is 4. The van der Waals surface area contributed by atoms with Crippen molar-refractivity contribution >= 4 is 40.2 Å². The van der Waals surface area contributed by atoms with Gasteiger partial charge in [-0.2, -0.15) is 0 Å². The Hall–Kier alpha value is -4.40. The maximum Gasteiger partial charge on any atom is 0.324 e. The molecule has 0 aliphatic rings. The number of nitrogens with zero attached hydrogens (tertiary/aromatic N) is 3. The molecule has 2 aromatic carbocycles. The fourth-order valence-corrected chi connectivity index (χ4v) is 2.74. The minimum atomic E-state index is -0.413. The van der Waals surface area contributed by atoms with Crippen LogP contribution in [0.25, 0.3) is 11.2 Å². The van der Waals surface area contributed by atoms with Crippen molar-refractivity contribution in [2.45, 2.75) is 0 Å². The Labute approximate surface area is 171 Å². The number of carbonyl (C=O) groups excluding carboxylic acids is 1. The Balaban J connectivity index is 1.51. The normalized spacial score (nSPS) is 10.4. The molecule has 4 aromatic rings. The van der Waals surface area contributed by atoms with Gasteiger partial charge in [-0.3, -0.25) is 5.32 Å². The summed E-state index contributed by atoms with van der Waals surface area (Å²) in [6.07, 6.45) is 1.56. The fourth-order valence-electron chi connectivity index (χ4n) is 2.74. The number of urea groups is 1. The Morgan fingerprint density at radius 1 is 0.933 bits per heavy atom. The third-order valence-corrected chi connectivity index (χ3v) is 4.13. The maximum atomic E-state index is 12.2. The Kier molecular flexibility index (Phi) is 5.25. The predicted octanol–water partition coefficient (Wildman–Crippen LogP) is 4.13. The zero-order valence-corrected chi connectivity index (χ0v) is 16.0. The number of aromatic nitrogens is 3. The Morgan fingerprint density at radius 2 is 1.73 bits per heavy atom. The summed E-state index contributed by atoms with van der Waals surface area (Å²) in [5.74, 6) is 1.15. The van der Waals surface area contributed by atoms with Gasteiger partial charge in [0.2, 0.25) is 0 Å². The average molecular weight is 402 g/mol. The minimum absolute atomic E-state index is 0.00490. The van der Waals surface area contributed by atoms with E-state index in [2.05, 4.69) is 30.9 Å². The molecule has 0 atom stereocenters. The Morgan fingerprint density at radius 3 is 2.50 bits per heavy atom. The van der Waals surface area contributed by atoms with E-state index in [4.69, 9.17) is 4.74 Å². The third kappa shape index (κ3) is 4.36. The lowest BCUT2D eigenvalue weighted by atomic mass is 10.3. The number of phenolic OH excluding ortho intramolecular Hbond substituents is 1. The van der Waals surface area contributed by atoms with Crippen molar-refractivity contribution in [1.29, 1.82) is 0 Å². The van der Waals surface area contributed by atoms with Crippen LogP contribution in [0.5, 0.6) is 11.5 Å². The molecule has 2 amide bonds. The van der Waals surface area contributed by atoms with Gasteiger partial charge >= 0.3 is 6.03 Å². The monoisotopic (exact) mass is 402 g/mol. The van der Waals surface area contributed by atoms with Crippen LogP contribution < -0.4 is 20.7 Å². The van der Waals surface area contributed by atoms with Crippen LogP contribution in [0, 0.1) is 0 Å². The summed E-state index contributed by atoms with van der Waals surface area (Å²) in [7, 11) is 1.48. The van der Waals surface area contributed by atoms with E-state index >= 15 is 0 Å². The van der Waals surface area contributed by atoms with Gasteiger partial charge in [-0.05, 0) is 36.4 Å². The van der Waals surface area contributed by atoms with Crippen molar-refractivity contribution in [3.8, 4) is 11.5 Å². The number of phenols is 1. The highest BCUT2D eigenvalue weighted by molar-refractivity contribution is 5.99. The van der Waals surface area contributed by atoms with Gasteiger partial charge in [-0.15, -0.1) is 0 Å². The number of hydrogen-bond acceptors (Lipinski definition) is 7. The standard InChI is InChI=1S/C21H18N6O3/c1-30-17-9-7-14(11-16(17)28)23-19-12-22-15-8-10-18(25-20(15)26-19)27-21(29)24-13-5-3-2-4-6-13/h2-12,28H,1H3,(H3,23,24,25,26,27,29). The summed E-state index contributed by atoms with van der Waals surface area (Å²) >= 11 is 0. The molecular formula is C21H18N6O3. The molecule has 0 radical (unpaired) electrons. The molecule has 0 spiro atoms. The number of pyridine rings is 1. The lowest BCUT2D eigenvalue weighted by molar-refractivity contribution is 0.262. The zero-order chi connectivity index (χ0) is 20.9. The number of benzene rings is 2. The summed E-state index contributed by atoms with van der Waals surface area (Å²) in [5, 5.41) is 18.4. The third-order valence-electron chi connectivity index (χ3n) is 4.13. The molecule has 0 saturated carbocycles. The zero-order valence-electron chi connectivity index (χ0n) is 16.0. The van der Waals surface area contributed by atoms with Crippen molar-refractivity contribution < 1.29 is 14.6 Å². The van der Waals surface area contributed by atoms with Crippen LogP contribution in [0.15, 0.2) is 66.9 Å². The van der Waals surface area contributed by atoms with Gasteiger partial charge < -0.3 is 20.5 Å². The topological polar surface area (TPSA) is 121 Å².